The quantitative estimate of drug-likeness (QED) is 0.468. The van der Waals surface area contributed by atoms with Crippen LogP contribution in [0.15, 0.2) is 29.4 Å². The Bertz CT molecular complexity index is 385. The van der Waals surface area contributed by atoms with Crippen molar-refractivity contribution in [2.24, 2.45) is 5.16 Å². The predicted octanol–water partition coefficient (Wildman–Crippen LogP) is 2.45. The minimum Gasteiger partial charge on any atom is -0.450 e. The summed E-state index contributed by atoms with van der Waals surface area (Å²) in [4.78, 5) is 11.1. The molecule has 86 valence electrons. The molecule has 1 aromatic rings. The third-order valence-electron chi connectivity index (χ3n) is 1.97. The van der Waals surface area contributed by atoms with Crippen LogP contribution in [-0.4, -0.2) is 23.6 Å². The van der Waals surface area contributed by atoms with E-state index in [0.29, 0.717) is 18.0 Å². The lowest BCUT2D eigenvalue weighted by atomic mass is 10.1. The molecule has 0 spiro atoms. The minimum atomic E-state index is -0.484. The predicted molar refractivity (Wildman–Crippen MR) is 61.1 cm³/mol. The van der Waals surface area contributed by atoms with Crippen molar-refractivity contribution in [3.8, 4) is 0 Å². The summed E-state index contributed by atoms with van der Waals surface area (Å²) in [5, 5.41) is 14.2. The van der Waals surface area contributed by atoms with Crippen LogP contribution in [0.25, 0.3) is 0 Å². The molecule has 0 fully saturated rings. The van der Waals surface area contributed by atoms with Crippen LogP contribution in [0.4, 0.5) is 10.5 Å². The Balaban J connectivity index is 2.68. The number of carbonyl (C=O) groups excluding carboxylic acids is 1. The van der Waals surface area contributed by atoms with E-state index in [1.807, 2.05) is 0 Å². The number of carbonyl (C=O) groups is 1. The van der Waals surface area contributed by atoms with E-state index >= 15 is 0 Å². The van der Waals surface area contributed by atoms with Crippen LogP contribution in [0.5, 0.6) is 0 Å². The summed E-state index contributed by atoms with van der Waals surface area (Å²) < 4.78 is 4.73. The van der Waals surface area contributed by atoms with Crippen LogP contribution in [0.2, 0.25) is 0 Å². The number of hydrogen-bond acceptors (Lipinski definition) is 4. The third-order valence-corrected chi connectivity index (χ3v) is 1.97. The van der Waals surface area contributed by atoms with Gasteiger partial charge in [0.15, 0.2) is 0 Å². The zero-order valence-electron chi connectivity index (χ0n) is 9.23. The van der Waals surface area contributed by atoms with Gasteiger partial charge >= 0.3 is 6.09 Å². The highest BCUT2D eigenvalue weighted by Crippen LogP contribution is 2.10. The van der Waals surface area contributed by atoms with Crippen molar-refractivity contribution in [2.45, 2.75) is 13.8 Å². The van der Waals surface area contributed by atoms with Gasteiger partial charge < -0.3 is 9.94 Å². The Morgan fingerprint density at radius 1 is 1.44 bits per heavy atom. The fourth-order valence-electron chi connectivity index (χ4n) is 1.14. The molecular weight excluding hydrogens is 208 g/mol. The first-order chi connectivity index (χ1) is 7.67. The first-order valence-corrected chi connectivity index (χ1v) is 4.90. The van der Waals surface area contributed by atoms with E-state index in [-0.39, 0.29) is 0 Å². The van der Waals surface area contributed by atoms with E-state index in [9.17, 15) is 4.79 Å². The molecule has 1 amide bonds. The van der Waals surface area contributed by atoms with Gasteiger partial charge in [-0.25, -0.2) is 4.79 Å². The zero-order chi connectivity index (χ0) is 12.0. The largest absolute Gasteiger partial charge is 0.450 e. The number of nitrogens with zero attached hydrogens (tertiary/aromatic N) is 1. The lowest BCUT2D eigenvalue weighted by molar-refractivity contribution is 0.168. The van der Waals surface area contributed by atoms with Gasteiger partial charge in [0.25, 0.3) is 0 Å². The highest BCUT2D eigenvalue weighted by molar-refractivity contribution is 5.98. The zero-order valence-corrected chi connectivity index (χ0v) is 9.23. The average Bonchev–Trinajstić information content (AvgIpc) is 2.29. The van der Waals surface area contributed by atoms with Crippen molar-refractivity contribution < 1.29 is 14.7 Å². The van der Waals surface area contributed by atoms with E-state index in [1.54, 1.807) is 38.1 Å². The topological polar surface area (TPSA) is 70.9 Å². The average molecular weight is 222 g/mol. The third kappa shape index (κ3) is 3.27. The van der Waals surface area contributed by atoms with Gasteiger partial charge in [0.1, 0.15) is 0 Å². The molecule has 0 aliphatic carbocycles. The summed E-state index contributed by atoms with van der Waals surface area (Å²) in [6, 6.07) is 6.91. The molecule has 16 heavy (non-hydrogen) atoms. The molecule has 0 aliphatic rings. The van der Waals surface area contributed by atoms with Gasteiger partial charge in [-0.3, -0.25) is 5.32 Å². The minimum absolute atomic E-state index is 0.334. The molecule has 0 aromatic heterocycles. The van der Waals surface area contributed by atoms with Gasteiger partial charge in [-0.15, -0.1) is 0 Å². The first kappa shape index (κ1) is 12.0. The molecule has 0 aliphatic heterocycles. The molecule has 2 N–H and O–H groups in total. The standard InChI is InChI=1S/C11H14N2O3/c1-3-16-11(14)12-10-6-4-9(5-7-10)8(2)13-15/h4-7,15H,3H2,1-2H3,(H,12,14)/b13-8+. The summed E-state index contributed by atoms with van der Waals surface area (Å²) in [5.41, 5.74) is 1.94. The second-order valence-electron chi connectivity index (χ2n) is 3.11. The number of hydrogen-bond donors (Lipinski definition) is 2. The van der Waals surface area contributed by atoms with E-state index in [1.165, 1.54) is 0 Å². The maximum absolute atomic E-state index is 11.1. The van der Waals surface area contributed by atoms with Gasteiger partial charge in [0.2, 0.25) is 0 Å². The molecule has 1 aromatic carbocycles. The van der Waals surface area contributed by atoms with Crippen LogP contribution >= 0.6 is 0 Å². The number of benzene rings is 1. The highest BCUT2D eigenvalue weighted by atomic mass is 16.5. The van der Waals surface area contributed by atoms with Crippen molar-refractivity contribution >= 4 is 17.5 Å². The number of nitrogens with one attached hydrogen (secondary N) is 1. The molecule has 0 saturated heterocycles. The van der Waals surface area contributed by atoms with Crippen molar-refractivity contribution in [1.82, 2.24) is 0 Å². The second kappa shape index (κ2) is 5.75. The van der Waals surface area contributed by atoms with Gasteiger partial charge in [-0.05, 0) is 31.5 Å². The molecule has 0 atom stereocenters. The number of anilines is 1. The van der Waals surface area contributed by atoms with Crippen molar-refractivity contribution in [3.63, 3.8) is 0 Å². The maximum Gasteiger partial charge on any atom is 0.411 e. The Labute approximate surface area is 93.7 Å². The Kier molecular flexibility index (Phi) is 4.32. The normalized spacial score (nSPS) is 11.0. The number of oxime groups is 1. The van der Waals surface area contributed by atoms with Crippen molar-refractivity contribution in [3.05, 3.63) is 29.8 Å². The summed E-state index contributed by atoms with van der Waals surface area (Å²) in [6.07, 6.45) is -0.484. The molecule has 5 nitrogen and oxygen atoms in total. The SMILES string of the molecule is CCOC(=O)Nc1ccc(/C(C)=N/O)cc1. The van der Waals surface area contributed by atoms with Crippen LogP contribution in [0, 0.1) is 0 Å². The van der Waals surface area contributed by atoms with E-state index in [4.69, 9.17) is 9.94 Å². The van der Waals surface area contributed by atoms with Gasteiger partial charge in [-0.1, -0.05) is 17.3 Å². The number of rotatable bonds is 3. The highest BCUT2D eigenvalue weighted by Gasteiger charge is 2.02. The van der Waals surface area contributed by atoms with E-state index in [0.717, 1.165) is 5.56 Å². The van der Waals surface area contributed by atoms with Crippen molar-refractivity contribution in [2.75, 3.05) is 11.9 Å². The molecule has 0 radical (unpaired) electrons. The summed E-state index contributed by atoms with van der Waals surface area (Å²) in [7, 11) is 0. The number of amides is 1. The van der Waals surface area contributed by atoms with Crippen LogP contribution in [0.1, 0.15) is 19.4 Å². The summed E-state index contributed by atoms with van der Waals surface area (Å²) in [5.74, 6) is 0. The van der Waals surface area contributed by atoms with Crippen molar-refractivity contribution in [1.29, 1.82) is 0 Å². The lowest BCUT2D eigenvalue weighted by Crippen LogP contribution is -2.13. The van der Waals surface area contributed by atoms with E-state index in [2.05, 4.69) is 10.5 Å². The molecule has 0 heterocycles. The molecule has 5 heteroatoms. The fourth-order valence-corrected chi connectivity index (χ4v) is 1.14. The maximum atomic E-state index is 11.1. The van der Waals surface area contributed by atoms with Gasteiger partial charge in [0, 0.05) is 5.69 Å². The molecular formula is C11H14N2O3. The van der Waals surface area contributed by atoms with Crippen LogP contribution in [0.3, 0.4) is 0 Å². The van der Waals surface area contributed by atoms with E-state index < -0.39 is 6.09 Å². The second-order valence-corrected chi connectivity index (χ2v) is 3.11. The van der Waals surface area contributed by atoms with Gasteiger partial charge in [0.05, 0.1) is 12.3 Å². The number of ether oxygens (including phenoxy) is 1. The first-order valence-electron chi connectivity index (χ1n) is 4.90. The van der Waals surface area contributed by atoms with Crippen LogP contribution in [-0.2, 0) is 4.74 Å². The summed E-state index contributed by atoms with van der Waals surface area (Å²) in [6.45, 7) is 3.76. The molecule has 0 unspecified atom stereocenters. The Hall–Kier alpha value is -2.04. The fraction of sp³-hybridized carbons (Fsp3) is 0.273. The summed E-state index contributed by atoms with van der Waals surface area (Å²) >= 11 is 0. The smallest absolute Gasteiger partial charge is 0.411 e. The Morgan fingerprint density at radius 2 is 2.06 bits per heavy atom. The molecule has 1 rings (SSSR count). The van der Waals surface area contributed by atoms with Gasteiger partial charge in [-0.2, -0.15) is 0 Å². The lowest BCUT2D eigenvalue weighted by Gasteiger charge is -2.05. The molecule has 0 bridgehead atoms. The van der Waals surface area contributed by atoms with Crippen LogP contribution < -0.4 is 5.32 Å². The molecule has 0 saturated carbocycles. The Morgan fingerprint density at radius 3 is 2.56 bits per heavy atom. The monoisotopic (exact) mass is 222 g/mol.